The smallest absolute Gasteiger partial charge is 0.212 e. The third-order valence-electron chi connectivity index (χ3n) is 3.53. The summed E-state index contributed by atoms with van der Waals surface area (Å²) < 4.78 is 32.2. The molecule has 0 saturated carbocycles. The van der Waals surface area contributed by atoms with Crippen LogP contribution in [0.2, 0.25) is 5.02 Å². The first-order valence-electron chi connectivity index (χ1n) is 7.30. The van der Waals surface area contributed by atoms with Crippen molar-refractivity contribution in [2.45, 2.75) is 12.5 Å². The van der Waals surface area contributed by atoms with Gasteiger partial charge in [-0.2, -0.15) is 0 Å². The van der Waals surface area contributed by atoms with Gasteiger partial charge in [0.2, 0.25) is 10.0 Å². The summed E-state index contributed by atoms with van der Waals surface area (Å²) in [4.78, 5) is 0. The average molecular weight is 354 g/mol. The largest absolute Gasteiger partial charge is 0.375 e. The van der Waals surface area contributed by atoms with Gasteiger partial charge in [-0.15, -0.1) is 0 Å². The van der Waals surface area contributed by atoms with Crippen LogP contribution in [-0.2, 0) is 21.2 Å². The van der Waals surface area contributed by atoms with Crippen LogP contribution < -0.4 is 4.72 Å². The van der Waals surface area contributed by atoms with Gasteiger partial charge in [-0.3, -0.25) is 0 Å². The van der Waals surface area contributed by atoms with Gasteiger partial charge in [0.25, 0.3) is 0 Å². The maximum atomic E-state index is 12.1. The SMILES string of the molecule is COC(CNS(=O)(=O)CCc1ccccc1)c1ccccc1Cl. The lowest BCUT2D eigenvalue weighted by molar-refractivity contribution is 0.107. The molecule has 0 heterocycles. The van der Waals surface area contributed by atoms with E-state index in [-0.39, 0.29) is 12.3 Å². The lowest BCUT2D eigenvalue weighted by Crippen LogP contribution is -2.31. The molecule has 1 atom stereocenters. The molecule has 0 aliphatic carbocycles. The van der Waals surface area contributed by atoms with Gasteiger partial charge in [0, 0.05) is 24.2 Å². The second-order valence-electron chi connectivity index (χ2n) is 5.15. The summed E-state index contributed by atoms with van der Waals surface area (Å²) in [5.74, 6) is 0.0377. The van der Waals surface area contributed by atoms with Gasteiger partial charge in [0.15, 0.2) is 0 Å². The van der Waals surface area contributed by atoms with E-state index < -0.39 is 16.1 Å². The van der Waals surface area contributed by atoms with Crippen molar-refractivity contribution in [3.63, 3.8) is 0 Å². The van der Waals surface area contributed by atoms with E-state index in [2.05, 4.69) is 4.72 Å². The summed E-state index contributed by atoms with van der Waals surface area (Å²) in [5, 5.41) is 0.558. The Bertz CT molecular complexity index is 720. The third kappa shape index (κ3) is 5.62. The summed E-state index contributed by atoms with van der Waals surface area (Å²) in [6.07, 6.45) is 0.0510. The molecule has 4 nitrogen and oxygen atoms in total. The zero-order valence-electron chi connectivity index (χ0n) is 12.9. The molecule has 0 aromatic heterocycles. The molecule has 23 heavy (non-hydrogen) atoms. The summed E-state index contributed by atoms with van der Waals surface area (Å²) >= 11 is 6.13. The average Bonchev–Trinajstić information content (AvgIpc) is 2.56. The van der Waals surface area contributed by atoms with E-state index >= 15 is 0 Å². The van der Waals surface area contributed by atoms with Crippen LogP contribution in [0, 0.1) is 0 Å². The number of hydrogen-bond acceptors (Lipinski definition) is 3. The lowest BCUT2D eigenvalue weighted by atomic mass is 10.1. The monoisotopic (exact) mass is 353 g/mol. The predicted octanol–water partition coefficient (Wildman–Crippen LogP) is 3.19. The summed E-state index contributed by atoms with van der Waals surface area (Å²) in [5.41, 5.74) is 1.76. The predicted molar refractivity (Wildman–Crippen MR) is 93.1 cm³/mol. The van der Waals surface area contributed by atoms with Crippen LogP contribution in [-0.4, -0.2) is 27.8 Å². The molecule has 0 aliphatic heterocycles. The van der Waals surface area contributed by atoms with Gasteiger partial charge in [-0.1, -0.05) is 60.1 Å². The fraction of sp³-hybridized carbons (Fsp3) is 0.294. The Hall–Kier alpha value is -1.40. The Balaban J connectivity index is 1.93. The van der Waals surface area contributed by atoms with Crippen molar-refractivity contribution >= 4 is 21.6 Å². The van der Waals surface area contributed by atoms with E-state index in [4.69, 9.17) is 16.3 Å². The first-order chi connectivity index (χ1) is 11.0. The van der Waals surface area contributed by atoms with E-state index in [1.165, 1.54) is 7.11 Å². The van der Waals surface area contributed by atoms with E-state index in [0.29, 0.717) is 11.4 Å². The number of benzene rings is 2. The van der Waals surface area contributed by atoms with Crippen molar-refractivity contribution in [3.8, 4) is 0 Å². The van der Waals surface area contributed by atoms with Crippen LogP contribution >= 0.6 is 11.6 Å². The molecule has 1 N–H and O–H groups in total. The second kappa shape index (κ2) is 8.45. The quantitative estimate of drug-likeness (QED) is 0.793. The minimum absolute atomic E-state index is 0.0377. The minimum Gasteiger partial charge on any atom is -0.375 e. The fourth-order valence-electron chi connectivity index (χ4n) is 2.23. The molecule has 6 heteroatoms. The fourth-order valence-corrected chi connectivity index (χ4v) is 3.54. The molecule has 0 fully saturated rings. The van der Waals surface area contributed by atoms with Crippen molar-refractivity contribution in [1.82, 2.24) is 4.72 Å². The lowest BCUT2D eigenvalue weighted by Gasteiger charge is -2.17. The number of methoxy groups -OCH3 is 1. The number of ether oxygens (including phenoxy) is 1. The maximum absolute atomic E-state index is 12.1. The molecule has 0 amide bonds. The first-order valence-corrected chi connectivity index (χ1v) is 9.33. The van der Waals surface area contributed by atoms with E-state index in [1.54, 1.807) is 6.07 Å². The van der Waals surface area contributed by atoms with Gasteiger partial charge >= 0.3 is 0 Å². The first kappa shape index (κ1) is 17.9. The number of aryl methyl sites for hydroxylation is 1. The van der Waals surface area contributed by atoms with Crippen LogP contribution in [0.1, 0.15) is 17.2 Å². The molecule has 0 radical (unpaired) electrons. The molecular formula is C17H20ClNO3S. The molecule has 2 aromatic carbocycles. The molecule has 0 bridgehead atoms. The van der Waals surface area contributed by atoms with Gasteiger partial charge in [0.1, 0.15) is 0 Å². The van der Waals surface area contributed by atoms with E-state index in [1.807, 2.05) is 48.5 Å². The van der Waals surface area contributed by atoms with E-state index in [0.717, 1.165) is 11.1 Å². The van der Waals surface area contributed by atoms with Crippen molar-refractivity contribution < 1.29 is 13.2 Å². The Kier molecular flexibility index (Phi) is 6.59. The van der Waals surface area contributed by atoms with Gasteiger partial charge in [-0.25, -0.2) is 13.1 Å². The molecule has 0 spiro atoms. The minimum atomic E-state index is -3.38. The maximum Gasteiger partial charge on any atom is 0.212 e. The third-order valence-corrected chi connectivity index (χ3v) is 5.22. The van der Waals surface area contributed by atoms with Crippen molar-refractivity contribution in [2.75, 3.05) is 19.4 Å². The number of sulfonamides is 1. The standard InChI is InChI=1S/C17H20ClNO3S/c1-22-17(15-9-5-6-10-16(15)18)13-19-23(20,21)12-11-14-7-3-2-4-8-14/h2-10,17,19H,11-13H2,1H3. The van der Waals surface area contributed by atoms with Crippen molar-refractivity contribution in [2.24, 2.45) is 0 Å². The Morgan fingerprint density at radius 2 is 1.74 bits per heavy atom. The normalized spacial score (nSPS) is 13.0. The van der Waals surface area contributed by atoms with Crippen LogP contribution in [0.15, 0.2) is 54.6 Å². The highest BCUT2D eigenvalue weighted by molar-refractivity contribution is 7.89. The Labute approximate surface area is 142 Å². The molecule has 1 unspecified atom stereocenters. The highest BCUT2D eigenvalue weighted by atomic mass is 35.5. The van der Waals surface area contributed by atoms with Gasteiger partial charge < -0.3 is 4.74 Å². The molecule has 2 rings (SSSR count). The number of halogens is 1. The topological polar surface area (TPSA) is 55.4 Å². The van der Waals surface area contributed by atoms with Gasteiger partial charge in [0.05, 0.1) is 11.9 Å². The van der Waals surface area contributed by atoms with Crippen molar-refractivity contribution in [3.05, 3.63) is 70.7 Å². The number of hydrogen-bond donors (Lipinski definition) is 1. The Morgan fingerprint density at radius 3 is 2.39 bits per heavy atom. The van der Waals surface area contributed by atoms with Crippen LogP contribution in [0.4, 0.5) is 0 Å². The number of nitrogens with one attached hydrogen (secondary N) is 1. The molecular weight excluding hydrogens is 334 g/mol. The molecule has 124 valence electrons. The van der Waals surface area contributed by atoms with E-state index in [9.17, 15) is 8.42 Å². The summed E-state index contributed by atoms with van der Waals surface area (Å²) in [6, 6.07) is 16.8. The van der Waals surface area contributed by atoms with Gasteiger partial charge in [-0.05, 0) is 18.1 Å². The zero-order chi connectivity index (χ0) is 16.7. The zero-order valence-corrected chi connectivity index (χ0v) is 14.5. The highest BCUT2D eigenvalue weighted by Crippen LogP contribution is 2.24. The molecule has 2 aromatic rings. The second-order valence-corrected chi connectivity index (χ2v) is 7.48. The van der Waals surface area contributed by atoms with Crippen LogP contribution in [0.25, 0.3) is 0 Å². The molecule has 0 aliphatic rings. The van der Waals surface area contributed by atoms with Crippen molar-refractivity contribution in [1.29, 1.82) is 0 Å². The molecule has 0 saturated heterocycles. The number of rotatable bonds is 8. The Morgan fingerprint density at radius 1 is 1.09 bits per heavy atom. The highest BCUT2D eigenvalue weighted by Gasteiger charge is 2.17. The summed E-state index contributed by atoms with van der Waals surface area (Å²) in [6.45, 7) is 0.150. The van der Waals surface area contributed by atoms with Crippen LogP contribution in [0.3, 0.4) is 0 Å². The summed E-state index contributed by atoms with van der Waals surface area (Å²) in [7, 11) is -1.84. The van der Waals surface area contributed by atoms with Crippen LogP contribution in [0.5, 0.6) is 0 Å².